The average Bonchev–Trinajstić information content (AvgIpc) is 3.25. The molecule has 0 atom stereocenters. The fraction of sp³-hybridized carbons (Fsp3) is 0.0526. The lowest BCUT2D eigenvalue weighted by Gasteiger charge is -2.08. The molecule has 3 aromatic heterocycles. The first kappa shape index (κ1) is 13.5. The quantitative estimate of drug-likeness (QED) is 0.569. The lowest BCUT2D eigenvalue weighted by molar-refractivity contribution is 0.567. The highest BCUT2D eigenvalue weighted by Crippen LogP contribution is 2.27. The van der Waals surface area contributed by atoms with E-state index in [1.807, 2.05) is 54.9 Å². The third-order valence-corrected chi connectivity index (χ3v) is 3.76. The topological polar surface area (TPSA) is 43.9 Å². The Balaban J connectivity index is 1.73. The maximum atomic E-state index is 5.69. The Morgan fingerprint density at radius 2 is 1.87 bits per heavy atom. The molecule has 0 amide bonds. The fourth-order valence-corrected chi connectivity index (χ4v) is 2.68. The van der Waals surface area contributed by atoms with Gasteiger partial charge in [-0.25, -0.2) is 4.98 Å². The van der Waals surface area contributed by atoms with Crippen LogP contribution >= 0.6 is 0 Å². The zero-order valence-corrected chi connectivity index (χ0v) is 12.5. The number of benzene rings is 1. The van der Waals surface area contributed by atoms with Gasteiger partial charge in [-0.3, -0.25) is 4.98 Å². The molecule has 0 spiro atoms. The Morgan fingerprint density at radius 3 is 2.70 bits per heavy atom. The molecule has 3 heterocycles. The van der Waals surface area contributed by atoms with Crippen molar-refractivity contribution >= 4 is 0 Å². The molecule has 4 nitrogen and oxygen atoms in total. The van der Waals surface area contributed by atoms with Gasteiger partial charge in [0, 0.05) is 18.8 Å². The summed E-state index contributed by atoms with van der Waals surface area (Å²) >= 11 is 0. The van der Waals surface area contributed by atoms with Gasteiger partial charge in [-0.15, -0.1) is 0 Å². The van der Waals surface area contributed by atoms with E-state index in [1.54, 1.807) is 6.20 Å². The number of oxazole rings is 1. The summed E-state index contributed by atoms with van der Waals surface area (Å²) in [6.07, 6.45) is 7.85. The highest BCUT2D eigenvalue weighted by molar-refractivity contribution is 5.60. The highest BCUT2D eigenvalue weighted by Gasteiger charge is 2.15. The largest absolute Gasteiger partial charge is 0.442 e. The van der Waals surface area contributed by atoms with E-state index in [4.69, 9.17) is 4.42 Å². The molecule has 0 radical (unpaired) electrons. The zero-order valence-electron chi connectivity index (χ0n) is 12.5. The Kier molecular flexibility index (Phi) is 3.48. The molecule has 0 saturated heterocycles. The summed E-state index contributed by atoms with van der Waals surface area (Å²) in [7, 11) is 0. The van der Waals surface area contributed by atoms with Crippen LogP contribution in [0.1, 0.15) is 11.3 Å². The average molecular weight is 301 g/mol. The molecule has 4 aromatic rings. The predicted octanol–water partition coefficient (Wildman–Crippen LogP) is 4.12. The highest BCUT2D eigenvalue weighted by atomic mass is 16.3. The minimum atomic E-state index is 0.741. The summed E-state index contributed by atoms with van der Waals surface area (Å²) in [6, 6.07) is 18.2. The lowest BCUT2D eigenvalue weighted by atomic mass is 10.1. The van der Waals surface area contributed by atoms with Gasteiger partial charge < -0.3 is 8.98 Å². The molecule has 0 fully saturated rings. The maximum Gasteiger partial charge on any atom is 0.181 e. The van der Waals surface area contributed by atoms with Crippen LogP contribution in [0.5, 0.6) is 0 Å². The zero-order chi connectivity index (χ0) is 15.5. The van der Waals surface area contributed by atoms with Crippen LogP contribution in [0.2, 0.25) is 0 Å². The van der Waals surface area contributed by atoms with Gasteiger partial charge in [-0.05, 0) is 29.8 Å². The monoisotopic (exact) mass is 301 g/mol. The molecule has 0 N–H and O–H groups in total. The van der Waals surface area contributed by atoms with Crippen molar-refractivity contribution in [2.75, 3.05) is 0 Å². The first-order valence-corrected chi connectivity index (χ1v) is 7.46. The third kappa shape index (κ3) is 2.66. The maximum absolute atomic E-state index is 5.69. The van der Waals surface area contributed by atoms with Crippen LogP contribution in [0.25, 0.3) is 17.1 Å². The second-order valence-electron chi connectivity index (χ2n) is 5.27. The Morgan fingerprint density at radius 1 is 0.957 bits per heavy atom. The Labute approximate surface area is 134 Å². The second kappa shape index (κ2) is 5.93. The van der Waals surface area contributed by atoms with Gasteiger partial charge in [0.05, 0.1) is 23.3 Å². The fourth-order valence-electron chi connectivity index (χ4n) is 2.68. The van der Waals surface area contributed by atoms with Crippen LogP contribution in [0.3, 0.4) is 0 Å². The summed E-state index contributed by atoms with van der Waals surface area (Å²) in [5.41, 5.74) is 4.11. The molecule has 112 valence electrons. The third-order valence-electron chi connectivity index (χ3n) is 3.76. The second-order valence-corrected chi connectivity index (χ2v) is 5.27. The van der Waals surface area contributed by atoms with Crippen molar-refractivity contribution < 1.29 is 4.42 Å². The van der Waals surface area contributed by atoms with E-state index < -0.39 is 0 Å². The SMILES string of the molecule is c1ccc(Cc2ncoc2-c2cccn2-c2cccnc2)cc1. The van der Waals surface area contributed by atoms with Gasteiger partial charge in [-0.2, -0.15) is 0 Å². The minimum absolute atomic E-state index is 0.741. The van der Waals surface area contributed by atoms with Crippen molar-refractivity contribution in [2.24, 2.45) is 0 Å². The summed E-state index contributed by atoms with van der Waals surface area (Å²) in [5, 5.41) is 0. The molecule has 0 aliphatic carbocycles. The van der Waals surface area contributed by atoms with Crippen molar-refractivity contribution in [1.29, 1.82) is 0 Å². The van der Waals surface area contributed by atoms with Crippen molar-refractivity contribution in [2.45, 2.75) is 6.42 Å². The summed E-state index contributed by atoms with van der Waals surface area (Å²) in [6.45, 7) is 0. The van der Waals surface area contributed by atoms with E-state index in [2.05, 4.69) is 26.7 Å². The van der Waals surface area contributed by atoms with Crippen molar-refractivity contribution in [3.63, 3.8) is 0 Å². The van der Waals surface area contributed by atoms with E-state index in [9.17, 15) is 0 Å². The van der Waals surface area contributed by atoms with Gasteiger partial charge in [0.2, 0.25) is 0 Å². The molecule has 0 unspecified atom stereocenters. The van der Waals surface area contributed by atoms with Crippen LogP contribution in [-0.4, -0.2) is 14.5 Å². The van der Waals surface area contributed by atoms with Crippen molar-refractivity contribution in [1.82, 2.24) is 14.5 Å². The van der Waals surface area contributed by atoms with Crippen LogP contribution in [0.4, 0.5) is 0 Å². The first-order chi connectivity index (χ1) is 11.4. The van der Waals surface area contributed by atoms with E-state index in [0.717, 1.165) is 29.3 Å². The minimum Gasteiger partial charge on any atom is -0.442 e. The van der Waals surface area contributed by atoms with Gasteiger partial charge in [0.1, 0.15) is 0 Å². The van der Waals surface area contributed by atoms with E-state index in [-0.39, 0.29) is 0 Å². The Hall–Kier alpha value is -3.14. The molecule has 4 heteroatoms. The molecule has 23 heavy (non-hydrogen) atoms. The number of nitrogens with zero attached hydrogens (tertiary/aromatic N) is 3. The molecule has 0 aliphatic rings. The standard InChI is InChI=1S/C19H15N3O/c1-2-6-15(7-3-1)12-17-19(23-14-21-17)18-9-5-11-22(18)16-8-4-10-20-13-16/h1-11,13-14H,12H2. The molecule has 0 aliphatic heterocycles. The van der Waals surface area contributed by atoms with E-state index in [0.29, 0.717) is 0 Å². The van der Waals surface area contributed by atoms with Crippen LogP contribution in [-0.2, 0) is 6.42 Å². The number of pyridine rings is 1. The van der Waals surface area contributed by atoms with Crippen LogP contribution in [0.15, 0.2) is 84.0 Å². The summed E-state index contributed by atoms with van der Waals surface area (Å²) in [5.74, 6) is 0.794. The van der Waals surface area contributed by atoms with E-state index in [1.165, 1.54) is 12.0 Å². The normalized spacial score (nSPS) is 10.8. The molecule has 4 rings (SSSR count). The van der Waals surface area contributed by atoms with Gasteiger partial charge in [0.25, 0.3) is 0 Å². The van der Waals surface area contributed by atoms with Crippen LogP contribution in [0, 0.1) is 0 Å². The first-order valence-electron chi connectivity index (χ1n) is 7.46. The molecular weight excluding hydrogens is 286 g/mol. The molecule has 0 saturated carbocycles. The number of hydrogen-bond donors (Lipinski definition) is 0. The number of rotatable bonds is 4. The Bertz CT molecular complexity index is 895. The number of hydrogen-bond acceptors (Lipinski definition) is 3. The number of aromatic nitrogens is 3. The lowest BCUT2D eigenvalue weighted by Crippen LogP contribution is -1.97. The predicted molar refractivity (Wildman–Crippen MR) is 88.3 cm³/mol. The summed E-state index contributed by atoms with van der Waals surface area (Å²) < 4.78 is 7.75. The molecule has 0 bridgehead atoms. The van der Waals surface area contributed by atoms with Crippen molar-refractivity contribution in [3.8, 4) is 17.1 Å². The van der Waals surface area contributed by atoms with Gasteiger partial charge in [-0.1, -0.05) is 30.3 Å². The smallest absolute Gasteiger partial charge is 0.181 e. The van der Waals surface area contributed by atoms with Gasteiger partial charge in [0.15, 0.2) is 12.2 Å². The molecular formula is C19H15N3O. The van der Waals surface area contributed by atoms with E-state index >= 15 is 0 Å². The van der Waals surface area contributed by atoms with Gasteiger partial charge >= 0.3 is 0 Å². The molecule has 1 aromatic carbocycles. The van der Waals surface area contributed by atoms with Crippen LogP contribution < -0.4 is 0 Å². The summed E-state index contributed by atoms with van der Waals surface area (Å²) in [4.78, 5) is 8.59. The van der Waals surface area contributed by atoms with Crippen molar-refractivity contribution in [3.05, 3.63) is 90.8 Å².